The number of halogens is 2. The first kappa shape index (κ1) is 13.9. The van der Waals surface area contributed by atoms with Crippen molar-refractivity contribution in [1.82, 2.24) is 4.98 Å². The van der Waals surface area contributed by atoms with E-state index < -0.39 is 5.60 Å². The minimum atomic E-state index is -0.642. The Balaban J connectivity index is 2.22. The number of benzene rings is 1. The monoisotopic (exact) mass is 353 g/mol. The molecule has 0 saturated heterocycles. The van der Waals surface area contributed by atoms with Crippen LogP contribution in [0.25, 0.3) is 0 Å². The summed E-state index contributed by atoms with van der Waals surface area (Å²) >= 11 is 9.43. The van der Waals surface area contributed by atoms with Gasteiger partial charge in [0.05, 0.1) is 12.3 Å². The molecule has 1 atom stereocenters. The van der Waals surface area contributed by atoms with Crippen molar-refractivity contribution in [3.05, 3.63) is 56.3 Å². The second kappa shape index (κ2) is 4.72. The van der Waals surface area contributed by atoms with E-state index in [0.717, 1.165) is 16.7 Å². The van der Waals surface area contributed by atoms with Gasteiger partial charge in [0.15, 0.2) is 0 Å². The number of fused-ring (bicyclic) bond motifs is 1. The van der Waals surface area contributed by atoms with Gasteiger partial charge in [0.2, 0.25) is 0 Å². The molecule has 3 nitrogen and oxygen atoms in total. The van der Waals surface area contributed by atoms with Crippen LogP contribution < -0.4 is 0 Å². The molecule has 5 heteroatoms. The molecule has 0 fully saturated rings. The van der Waals surface area contributed by atoms with Crippen molar-refractivity contribution >= 4 is 27.5 Å². The predicted octanol–water partition coefficient (Wildman–Crippen LogP) is 4.31. The van der Waals surface area contributed by atoms with Gasteiger partial charge in [-0.15, -0.1) is 0 Å². The highest BCUT2D eigenvalue weighted by Gasteiger charge is 2.41. The molecule has 104 valence electrons. The average Bonchev–Trinajstić information content (AvgIpc) is 2.76. The van der Waals surface area contributed by atoms with E-state index in [1.165, 1.54) is 0 Å². The lowest BCUT2D eigenvalue weighted by Gasteiger charge is -2.26. The van der Waals surface area contributed by atoms with Crippen LogP contribution in [0.3, 0.4) is 0 Å². The van der Waals surface area contributed by atoms with Crippen molar-refractivity contribution in [2.45, 2.75) is 26.1 Å². The van der Waals surface area contributed by atoms with Gasteiger partial charge in [-0.25, -0.2) is 4.98 Å². The number of aromatic hydroxyl groups is 1. The molecule has 2 heterocycles. The molecule has 0 aliphatic carbocycles. The zero-order valence-electron chi connectivity index (χ0n) is 11.1. The van der Waals surface area contributed by atoms with Crippen molar-refractivity contribution in [2.75, 3.05) is 0 Å². The fourth-order valence-corrected chi connectivity index (χ4v) is 3.64. The first-order chi connectivity index (χ1) is 9.43. The third-order valence-corrected chi connectivity index (χ3v) is 4.61. The quantitative estimate of drug-likeness (QED) is 0.776. The van der Waals surface area contributed by atoms with E-state index in [0.29, 0.717) is 21.9 Å². The standard InChI is InChI=1S/C15H13BrClNO2/c1-8-13(19)11-7-20-15(2,12(11)14(16)18-8)9-3-5-10(17)6-4-9/h3-6,19H,7H2,1-2H3. The maximum absolute atomic E-state index is 10.2. The molecule has 0 radical (unpaired) electrons. The van der Waals surface area contributed by atoms with E-state index in [2.05, 4.69) is 20.9 Å². The van der Waals surface area contributed by atoms with Crippen molar-refractivity contribution in [2.24, 2.45) is 0 Å². The Kier molecular flexibility index (Phi) is 3.27. The zero-order chi connectivity index (χ0) is 14.5. The minimum Gasteiger partial charge on any atom is -0.506 e. The molecule has 0 bridgehead atoms. The zero-order valence-corrected chi connectivity index (χ0v) is 13.4. The molecule has 0 amide bonds. The fourth-order valence-electron chi connectivity index (χ4n) is 2.63. The molecular formula is C15H13BrClNO2. The van der Waals surface area contributed by atoms with Gasteiger partial charge in [-0.3, -0.25) is 0 Å². The number of pyridine rings is 1. The summed E-state index contributed by atoms with van der Waals surface area (Å²) in [5.41, 5.74) is 2.60. The highest BCUT2D eigenvalue weighted by atomic mass is 79.9. The SMILES string of the molecule is Cc1nc(Br)c2c(c1O)COC2(C)c1ccc(Cl)cc1. The lowest BCUT2D eigenvalue weighted by atomic mass is 9.88. The third-order valence-electron chi connectivity index (χ3n) is 3.78. The van der Waals surface area contributed by atoms with Gasteiger partial charge in [-0.05, 0) is 47.5 Å². The number of hydrogen-bond acceptors (Lipinski definition) is 3. The second-order valence-corrected chi connectivity index (χ2v) is 6.21. The van der Waals surface area contributed by atoms with Crippen LogP contribution in [-0.4, -0.2) is 10.1 Å². The van der Waals surface area contributed by atoms with Gasteiger partial charge in [-0.1, -0.05) is 23.7 Å². The summed E-state index contributed by atoms with van der Waals surface area (Å²) < 4.78 is 6.69. The van der Waals surface area contributed by atoms with Gasteiger partial charge < -0.3 is 9.84 Å². The lowest BCUT2D eigenvalue weighted by molar-refractivity contribution is 0.00898. The summed E-state index contributed by atoms with van der Waals surface area (Å²) in [7, 11) is 0. The molecule has 1 unspecified atom stereocenters. The first-order valence-electron chi connectivity index (χ1n) is 6.22. The molecule has 1 aliphatic heterocycles. The Morgan fingerprint density at radius 2 is 2.00 bits per heavy atom. The average molecular weight is 355 g/mol. The molecule has 1 aromatic carbocycles. The lowest BCUT2D eigenvalue weighted by Crippen LogP contribution is -2.23. The number of aryl methyl sites for hydroxylation is 1. The van der Waals surface area contributed by atoms with Gasteiger partial charge in [-0.2, -0.15) is 0 Å². The van der Waals surface area contributed by atoms with Crippen LogP contribution in [0.5, 0.6) is 5.75 Å². The first-order valence-corrected chi connectivity index (χ1v) is 7.39. The summed E-state index contributed by atoms with van der Waals surface area (Å²) in [6, 6.07) is 7.53. The molecule has 3 rings (SSSR count). The molecule has 1 aliphatic rings. The number of rotatable bonds is 1. The van der Waals surface area contributed by atoms with Gasteiger partial charge >= 0.3 is 0 Å². The van der Waals surface area contributed by atoms with Crippen molar-refractivity contribution in [3.8, 4) is 5.75 Å². The number of ether oxygens (including phenoxy) is 1. The normalized spacial score (nSPS) is 21.0. The molecule has 2 aromatic rings. The van der Waals surface area contributed by atoms with E-state index in [1.807, 2.05) is 31.2 Å². The summed E-state index contributed by atoms with van der Waals surface area (Å²) in [6.45, 7) is 4.11. The van der Waals surface area contributed by atoms with Gasteiger partial charge in [0, 0.05) is 16.1 Å². The van der Waals surface area contributed by atoms with E-state index in [9.17, 15) is 5.11 Å². The smallest absolute Gasteiger partial charge is 0.142 e. The Morgan fingerprint density at radius 1 is 1.35 bits per heavy atom. The van der Waals surface area contributed by atoms with Crippen LogP contribution in [-0.2, 0) is 16.9 Å². The van der Waals surface area contributed by atoms with Crippen molar-refractivity contribution in [3.63, 3.8) is 0 Å². The molecule has 0 saturated carbocycles. The van der Waals surface area contributed by atoms with E-state index in [4.69, 9.17) is 16.3 Å². The molecule has 0 spiro atoms. The van der Waals surface area contributed by atoms with Crippen molar-refractivity contribution in [1.29, 1.82) is 0 Å². The largest absolute Gasteiger partial charge is 0.506 e. The maximum atomic E-state index is 10.2. The van der Waals surface area contributed by atoms with E-state index >= 15 is 0 Å². The van der Waals surface area contributed by atoms with Crippen LogP contribution in [0, 0.1) is 6.92 Å². The highest BCUT2D eigenvalue weighted by Crippen LogP contribution is 2.48. The van der Waals surface area contributed by atoms with Gasteiger partial charge in [0.1, 0.15) is 16.0 Å². The summed E-state index contributed by atoms with van der Waals surface area (Å²) in [5, 5.41) is 10.9. The number of nitrogens with zero attached hydrogens (tertiary/aromatic N) is 1. The highest BCUT2D eigenvalue weighted by molar-refractivity contribution is 9.10. The van der Waals surface area contributed by atoms with Crippen molar-refractivity contribution < 1.29 is 9.84 Å². The molecule has 1 N–H and O–H groups in total. The minimum absolute atomic E-state index is 0.209. The maximum Gasteiger partial charge on any atom is 0.142 e. The van der Waals surface area contributed by atoms with E-state index in [-0.39, 0.29) is 5.75 Å². The van der Waals surface area contributed by atoms with Crippen LogP contribution in [0.4, 0.5) is 0 Å². The van der Waals surface area contributed by atoms with Crippen LogP contribution >= 0.6 is 27.5 Å². The van der Waals surface area contributed by atoms with E-state index in [1.54, 1.807) is 6.92 Å². The second-order valence-electron chi connectivity index (χ2n) is 5.02. The molecular weight excluding hydrogens is 342 g/mol. The Labute approximate surface area is 130 Å². The summed E-state index contributed by atoms with van der Waals surface area (Å²) in [4.78, 5) is 4.34. The predicted molar refractivity (Wildman–Crippen MR) is 81.0 cm³/mol. The topological polar surface area (TPSA) is 42.4 Å². The third kappa shape index (κ3) is 1.94. The Bertz CT molecular complexity index is 687. The van der Waals surface area contributed by atoms with Gasteiger partial charge in [0.25, 0.3) is 0 Å². The fraction of sp³-hybridized carbons (Fsp3) is 0.267. The summed E-state index contributed by atoms with van der Waals surface area (Å²) in [5.74, 6) is 0.209. The van der Waals surface area contributed by atoms with Crippen LogP contribution in [0.1, 0.15) is 29.3 Å². The van der Waals surface area contributed by atoms with Crippen LogP contribution in [0.15, 0.2) is 28.9 Å². The number of hydrogen-bond donors (Lipinski definition) is 1. The Hall–Kier alpha value is -1.10. The summed E-state index contributed by atoms with van der Waals surface area (Å²) in [6.07, 6.45) is 0. The Morgan fingerprint density at radius 3 is 2.65 bits per heavy atom. The molecule has 20 heavy (non-hydrogen) atoms. The molecule has 1 aromatic heterocycles. The number of aromatic nitrogens is 1. The van der Waals surface area contributed by atoms with Crippen LogP contribution in [0.2, 0.25) is 5.02 Å².